The predicted molar refractivity (Wildman–Crippen MR) is 144 cm³/mol. The Balaban J connectivity index is 0.00000169. The highest BCUT2D eigenvalue weighted by atomic mass is 16.5. The first-order chi connectivity index (χ1) is 17.1. The minimum atomic E-state index is -0.253. The smallest absolute Gasteiger partial charge is 0.215 e. The number of ketones is 1. The van der Waals surface area contributed by atoms with Crippen molar-refractivity contribution in [2.75, 3.05) is 37.4 Å². The fraction of sp³-hybridized carbons (Fsp3) is 0.179. The zero-order valence-corrected chi connectivity index (χ0v) is 19.5. The molecule has 2 aromatic heterocycles. The van der Waals surface area contributed by atoms with Crippen LogP contribution in [0.2, 0.25) is 0 Å². The molecule has 1 fully saturated rings. The van der Waals surface area contributed by atoms with Crippen LogP contribution in [-0.2, 0) is 0 Å². The van der Waals surface area contributed by atoms with Gasteiger partial charge in [0.15, 0.2) is 0 Å². The van der Waals surface area contributed by atoms with Crippen LogP contribution >= 0.6 is 0 Å². The quantitative estimate of drug-likeness (QED) is 0.388. The van der Waals surface area contributed by atoms with E-state index in [-0.39, 0.29) is 21.9 Å². The van der Waals surface area contributed by atoms with Gasteiger partial charge in [0.2, 0.25) is 5.78 Å². The molecule has 3 heterocycles. The molecule has 0 saturated carbocycles. The summed E-state index contributed by atoms with van der Waals surface area (Å²) in [6.07, 6.45) is 1.66. The second kappa shape index (κ2) is 9.95. The van der Waals surface area contributed by atoms with Gasteiger partial charge in [-0.3, -0.25) is 4.79 Å². The summed E-state index contributed by atoms with van der Waals surface area (Å²) in [7, 11) is 1.62. The van der Waals surface area contributed by atoms with E-state index in [0.717, 1.165) is 42.3 Å². The number of carbonyl (C=O) groups is 1. The third-order valence-corrected chi connectivity index (χ3v) is 6.23. The normalized spacial score (nSPS) is 15.6. The number of pyridine rings is 2. The minimum Gasteiger partial charge on any atom is -0.497 e. The number of aromatic nitrogens is 2. The summed E-state index contributed by atoms with van der Waals surface area (Å²) in [6, 6.07) is 25.5. The Morgan fingerprint density at radius 3 is 2.71 bits per heavy atom. The van der Waals surface area contributed by atoms with E-state index >= 15 is 0 Å². The lowest BCUT2D eigenvalue weighted by molar-refractivity contribution is 0.103. The van der Waals surface area contributed by atoms with Gasteiger partial charge in [-0.15, -0.1) is 0 Å². The van der Waals surface area contributed by atoms with Gasteiger partial charge in [-0.25, -0.2) is 9.97 Å². The number of hydrogen-bond acceptors (Lipinski definition) is 7. The zero-order chi connectivity index (χ0) is 24.2. The Labute approximate surface area is 209 Å². The first kappa shape index (κ1) is 22.6. The van der Waals surface area contributed by atoms with Crippen LogP contribution in [0.1, 0.15) is 31.9 Å². The Morgan fingerprint density at radius 2 is 1.89 bits per heavy atom. The molecule has 1 aliphatic rings. The largest absolute Gasteiger partial charge is 0.497 e. The van der Waals surface area contributed by atoms with Crippen molar-refractivity contribution < 1.29 is 13.8 Å². The number of nitrogens with two attached hydrogens (primary N) is 1. The number of methoxy groups -OCH3 is 1. The number of benzene rings is 2. The highest BCUT2D eigenvalue weighted by molar-refractivity contribution is 6.11. The van der Waals surface area contributed by atoms with Crippen LogP contribution in [-0.4, -0.2) is 42.5 Å². The van der Waals surface area contributed by atoms with E-state index in [1.165, 1.54) is 5.56 Å². The van der Waals surface area contributed by atoms with Crippen LogP contribution in [0.5, 0.6) is 5.75 Å². The van der Waals surface area contributed by atoms with E-state index in [2.05, 4.69) is 27.3 Å². The molecule has 1 saturated heterocycles. The van der Waals surface area contributed by atoms with E-state index in [4.69, 9.17) is 15.5 Å². The summed E-state index contributed by atoms with van der Waals surface area (Å²) < 4.78 is 5.32. The maximum Gasteiger partial charge on any atom is 0.215 e. The Morgan fingerprint density at radius 1 is 1.06 bits per heavy atom. The highest BCUT2D eigenvalue weighted by Crippen LogP contribution is 2.27. The number of nitrogens with zero attached hydrogens (tertiary/aromatic N) is 3. The summed E-state index contributed by atoms with van der Waals surface area (Å²) in [5.41, 5.74) is 9.70. The van der Waals surface area contributed by atoms with E-state index in [9.17, 15) is 4.79 Å². The predicted octanol–water partition coefficient (Wildman–Crippen LogP) is 4.85. The minimum absolute atomic E-state index is 0. The van der Waals surface area contributed by atoms with E-state index in [0.29, 0.717) is 11.3 Å². The van der Waals surface area contributed by atoms with E-state index < -0.39 is 0 Å². The van der Waals surface area contributed by atoms with Gasteiger partial charge in [0.05, 0.1) is 12.7 Å². The van der Waals surface area contributed by atoms with Crippen molar-refractivity contribution in [3.63, 3.8) is 0 Å². The third-order valence-electron chi connectivity index (χ3n) is 6.23. The van der Waals surface area contributed by atoms with Gasteiger partial charge in [-0.2, -0.15) is 0 Å². The molecule has 7 heteroatoms. The van der Waals surface area contributed by atoms with Crippen LogP contribution < -0.4 is 20.7 Å². The second-order valence-electron chi connectivity index (χ2n) is 8.46. The maximum atomic E-state index is 13.5. The highest BCUT2D eigenvalue weighted by Gasteiger charge is 2.23. The van der Waals surface area contributed by atoms with E-state index in [1.54, 1.807) is 25.4 Å². The molecule has 0 amide bonds. The topological polar surface area (TPSA) is 93.4 Å². The molecule has 0 radical (unpaired) electrons. The summed E-state index contributed by atoms with van der Waals surface area (Å²) >= 11 is 0. The van der Waals surface area contributed by atoms with Crippen molar-refractivity contribution in [1.82, 2.24) is 15.3 Å². The number of hydrogen-bond donors (Lipinski definition) is 2. The molecule has 7 nitrogen and oxygen atoms in total. The van der Waals surface area contributed by atoms with Crippen molar-refractivity contribution in [3.8, 4) is 16.9 Å². The Kier molecular flexibility index (Phi) is 6.41. The Bertz CT molecular complexity index is 1360. The van der Waals surface area contributed by atoms with Gasteiger partial charge in [0, 0.05) is 41.7 Å². The molecule has 1 atom stereocenters. The molecular weight excluding hydrogens is 438 g/mol. The SMILES string of the molecule is COc1cccc(-c2cnc(N)c(C(=O)c3cccc(N4CCNC(c5ccccc5)C4)n3)c2)c1.[HH].[HH].[HH]. The number of piperazine rings is 1. The number of rotatable bonds is 6. The molecule has 1 unspecified atom stereocenters. The van der Waals surface area contributed by atoms with Crippen molar-refractivity contribution in [2.45, 2.75) is 6.04 Å². The van der Waals surface area contributed by atoms with Crippen molar-refractivity contribution >= 4 is 17.4 Å². The molecule has 182 valence electrons. The summed E-state index contributed by atoms with van der Waals surface area (Å²) in [4.78, 5) is 24.7. The molecule has 1 aliphatic heterocycles. The standard InChI is InChI=1S/C28H27N5O2.3H2/c1-35-22-10-5-9-20(15-22)21-16-23(28(29)31-17-21)27(34)24-11-6-12-26(32-24)33-14-13-30-25(18-33)19-7-3-2-4-8-19;;;/h2-12,15-17,25,30H,13-14,18H2,1H3,(H2,29,31);3*1H. The van der Waals surface area contributed by atoms with Crippen LogP contribution in [0, 0.1) is 0 Å². The van der Waals surface area contributed by atoms with Gasteiger partial charge in [-0.05, 0) is 41.5 Å². The number of carbonyl (C=O) groups excluding carboxylic acids is 1. The lowest BCUT2D eigenvalue weighted by Gasteiger charge is -2.35. The first-order valence-corrected chi connectivity index (χ1v) is 11.6. The molecule has 35 heavy (non-hydrogen) atoms. The lowest BCUT2D eigenvalue weighted by Crippen LogP contribution is -2.46. The average molecular weight is 472 g/mol. The van der Waals surface area contributed by atoms with Gasteiger partial charge in [0.25, 0.3) is 0 Å². The molecule has 0 aliphatic carbocycles. The van der Waals surface area contributed by atoms with Crippen molar-refractivity contribution in [1.29, 1.82) is 0 Å². The molecule has 0 spiro atoms. The lowest BCUT2D eigenvalue weighted by atomic mass is 10.0. The molecule has 0 bridgehead atoms. The van der Waals surface area contributed by atoms with Gasteiger partial charge >= 0.3 is 0 Å². The van der Waals surface area contributed by atoms with Crippen molar-refractivity contribution in [2.24, 2.45) is 0 Å². The molecule has 2 aromatic carbocycles. The third kappa shape index (κ3) is 4.85. The van der Waals surface area contributed by atoms with Crippen LogP contribution in [0.15, 0.2) is 85.1 Å². The second-order valence-corrected chi connectivity index (χ2v) is 8.46. The number of nitrogens with one attached hydrogen (secondary N) is 1. The zero-order valence-electron chi connectivity index (χ0n) is 19.5. The molecular formula is C28H33N5O2. The average Bonchev–Trinajstić information content (AvgIpc) is 2.93. The van der Waals surface area contributed by atoms with Gasteiger partial charge < -0.3 is 20.7 Å². The fourth-order valence-corrected chi connectivity index (χ4v) is 4.35. The monoisotopic (exact) mass is 471 g/mol. The maximum absolute atomic E-state index is 13.5. The Hall–Kier alpha value is -4.23. The van der Waals surface area contributed by atoms with Crippen LogP contribution in [0.25, 0.3) is 11.1 Å². The number of anilines is 2. The van der Waals surface area contributed by atoms with Gasteiger partial charge in [0.1, 0.15) is 23.1 Å². The molecule has 3 N–H and O–H groups in total. The fourth-order valence-electron chi connectivity index (χ4n) is 4.35. The van der Waals surface area contributed by atoms with Crippen molar-refractivity contribution in [3.05, 3.63) is 102 Å². The van der Waals surface area contributed by atoms with Crippen LogP contribution in [0.3, 0.4) is 0 Å². The molecule has 4 aromatic rings. The van der Waals surface area contributed by atoms with Gasteiger partial charge in [-0.1, -0.05) is 48.5 Å². The van der Waals surface area contributed by atoms with Crippen LogP contribution in [0.4, 0.5) is 11.6 Å². The summed E-state index contributed by atoms with van der Waals surface area (Å²) in [6.45, 7) is 2.41. The first-order valence-electron chi connectivity index (χ1n) is 11.6. The number of ether oxygens (including phenoxy) is 1. The summed E-state index contributed by atoms with van der Waals surface area (Å²) in [5.74, 6) is 1.43. The molecule has 5 rings (SSSR count). The summed E-state index contributed by atoms with van der Waals surface area (Å²) in [5, 5.41) is 3.57. The van der Waals surface area contributed by atoms with E-state index in [1.807, 2.05) is 54.6 Å². The number of nitrogen functional groups attached to an aromatic ring is 1.